The highest BCUT2D eigenvalue weighted by molar-refractivity contribution is 5.30. The van der Waals surface area contributed by atoms with Gasteiger partial charge in [0.25, 0.3) is 0 Å². The van der Waals surface area contributed by atoms with Gasteiger partial charge in [-0.3, -0.25) is 0 Å². The van der Waals surface area contributed by atoms with E-state index in [2.05, 4.69) is 29.0 Å². The van der Waals surface area contributed by atoms with Crippen LogP contribution in [0.15, 0.2) is 42.6 Å². The van der Waals surface area contributed by atoms with Crippen molar-refractivity contribution in [3.63, 3.8) is 0 Å². The SMILES string of the molecule is C[C@@H](c1ccccc1)c1nccc(N)n1. The van der Waals surface area contributed by atoms with Crippen LogP contribution in [-0.4, -0.2) is 9.97 Å². The summed E-state index contributed by atoms with van der Waals surface area (Å²) in [4.78, 5) is 8.44. The van der Waals surface area contributed by atoms with E-state index in [1.807, 2.05) is 18.2 Å². The minimum atomic E-state index is 0.176. The number of benzene rings is 1. The molecule has 2 aromatic rings. The van der Waals surface area contributed by atoms with Crippen molar-refractivity contribution in [3.8, 4) is 0 Å². The zero-order valence-electron chi connectivity index (χ0n) is 8.59. The number of hydrogen-bond acceptors (Lipinski definition) is 3. The third-order valence-electron chi connectivity index (χ3n) is 2.38. The van der Waals surface area contributed by atoms with Crippen molar-refractivity contribution in [2.24, 2.45) is 0 Å². The summed E-state index contributed by atoms with van der Waals surface area (Å²) >= 11 is 0. The summed E-state index contributed by atoms with van der Waals surface area (Å²) in [6, 6.07) is 11.8. The fraction of sp³-hybridized carbons (Fsp3) is 0.167. The Labute approximate surface area is 89.0 Å². The molecule has 0 saturated carbocycles. The Morgan fingerprint density at radius 1 is 1.13 bits per heavy atom. The van der Waals surface area contributed by atoms with Gasteiger partial charge in [0.1, 0.15) is 11.6 Å². The summed E-state index contributed by atoms with van der Waals surface area (Å²) < 4.78 is 0. The molecule has 1 atom stereocenters. The molecular formula is C12H13N3. The van der Waals surface area contributed by atoms with E-state index in [9.17, 15) is 0 Å². The van der Waals surface area contributed by atoms with Crippen molar-refractivity contribution >= 4 is 5.82 Å². The second-order valence-electron chi connectivity index (χ2n) is 3.47. The van der Waals surface area contributed by atoms with Crippen molar-refractivity contribution in [1.82, 2.24) is 9.97 Å². The van der Waals surface area contributed by atoms with Crippen molar-refractivity contribution < 1.29 is 0 Å². The van der Waals surface area contributed by atoms with Gasteiger partial charge in [-0.2, -0.15) is 0 Å². The molecule has 0 aliphatic rings. The van der Waals surface area contributed by atoms with Crippen LogP contribution in [0.5, 0.6) is 0 Å². The van der Waals surface area contributed by atoms with Gasteiger partial charge in [-0.05, 0) is 11.6 Å². The van der Waals surface area contributed by atoms with Crippen molar-refractivity contribution in [1.29, 1.82) is 0 Å². The molecule has 0 spiro atoms. The molecule has 1 heterocycles. The van der Waals surface area contributed by atoms with Crippen molar-refractivity contribution in [2.45, 2.75) is 12.8 Å². The zero-order valence-corrected chi connectivity index (χ0v) is 8.59. The molecule has 0 aliphatic carbocycles. The van der Waals surface area contributed by atoms with E-state index in [0.717, 1.165) is 5.82 Å². The van der Waals surface area contributed by atoms with E-state index < -0.39 is 0 Å². The van der Waals surface area contributed by atoms with Gasteiger partial charge in [0.05, 0.1) is 0 Å². The average molecular weight is 199 g/mol. The van der Waals surface area contributed by atoms with Crippen LogP contribution in [0.1, 0.15) is 24.2 Å². The first-order chi connectivity index (χ1) is 7.27. The molecule has 1 aromatic carbocycles. The van der Waals surface area contributed by atoms with Crippen LogP contribution in [0, 0.1) is 0 Å². The Morgan fingerprint density at radius 2 is 1.87 bits per heavy atom. The van der Waals surface area contributed by atoms with E-state index in [0.29, 0.717) is 5.82 Å². The minimum Gasteiger partial charge on any atom is -0.384 e. The number of nitrogens with zero attached hydrogens (tertiary/aromatic N) is 2. The highest BCUT2D eigenvalue weighted by atomic mass is 14.9. The van der Waals surface area contributed by atoms with Crippen LogP contribution >= 0.6 is 0 Å². The normalized spacial score (nSPS) is 12.3. The van der Waals surface area contributed by atoms with Crippen LogP contribution in [0.3, 0.4) is 0 Å². The van der Waals surface area contributed by atoms with Crippen LogP contribution in [-0.2, 0) is 0 Å². The number of nitrogen functional groups attached to an aromatic ring is 1. The third-order valence-corrected chi connectivity index (χ3v) is 2.38. The predicted octanol–water partition coefficient (Wildman–Crippen LogP) is 2.21. The Morgan fingerprint density at radius 3 is 2.53 bits per heavy atom. The van der Waals surface area contributed by atoms with Gasteiger partial charge in [-0.1, -0.05) is 37.3 Å². The lowest BCUT2D eigenvalue weighted by atomic mass is 10.0. The highest BCUT2D eigenvalue weighted by Gasteiger charge is 2.10. The molecule has 0 aliphatic heterocycles. The molecule has 2 rings (SSSR count). The Bertz CT molecular complexity index is 440. The summed E-state index contributed by atoms with van der Waals surface area (Å²) in [6.45, 7) is 2.07. The molecule has 0 radical (unpaired) electrons. The topological polar surface area (TPSA) is 51.8 Å². The van der Waals surface area contributed by atoms with Crippen molar-refractivity contribution in [2.75, 3.05) is 5.73 Å². The lowest BCUT2D eigenvalue weighted by Crippen LogP contribution is -2.04. The maximum Gasteiger partial charge on any atom is 0.137 e. The number of rotatable bonds is 2. The summed E-state index contributed by atoms with van der Waals surface area (Å²) in [5.74, 6) is 1.46. The maximum absolute atomic E-state index is 5.62. The molecule has 0 amide bonds. The molecule has 15 heavy (non-hydrogen) atoms. The molecule has 3 heteroatoms. The predicted molar refractivity (Wildman–Crippen MR) is 60.4 cm³/mol. The van der Waals surface area contributed by atoms with Gasteiger partial charge in [0.2, 0.25) is 0 Å². The lowest BCUT2D eigenvalue weighted by molar-refractivity contribution is 0.818. The zero-order chi connectivity index (χ0) is 10.7. The molecule has 0 bridgehead atoms. The van der Waals surface area contributed by atoms with Gasteiger partial charge in [-0.15, -0.1) is 0 Å². The van der Waals surface area contributed by atoms with E-state index in [-0.39, 0.29) is 5.92 Å². The molecule has 1 aromatic heterocycles. The first-order valence-electron chi connectivity index (χ1n) is 4.91. The van der Waals surface area contributed by atoms with E-state index in [4.69, 9.17) is 5.73 Å². The Balaban J connectivity index is 2.32. The van der Waals surface area contributed by atoms with Gasteiger partial charge < -0.3 is 5.73 Å². The average Bonchev–Trinajstić information content (AvgIpc) is 2.29. The van der Waals surface area contributed by atoms with Gasteiger partial charge in [0.15, 0.2) is 0 Å². The van der Waals surface area contributed by atoms with Crippen molar-refractivity contribution in [3.05, 3.63) is 54.0 Å². The van der Waals surface area contributed by atoms with Gasteiger partial charge >= 0.3 is 0 Å². The second-order valence-corrected chi connectivity index (χ2v) is 3.47. The summed E-state index contributed by atoms with van der Waals surface area (Å²) in [6.07, 6.45) is 1.69. The molecule has 3 nitrogen and oxygen atoms in total. The summed E-state index contributed by atoms with van der Waals surface area (Å²) in [5.41, 5.74) is 6.82. The van der Waals surface area contributed by atoms with E-state index in [1.165, 1.54) is 5.56 Å². The fourth-order valence-corrected chi connectivity index (χ4v) is 1.49. The second kappa shape index (κ2) is 4.09. The Kier molecular flexibility index (Phi) is 2.63. The largest absolute Gasteiger partial charge is 0.384 e. The molecule has 0 unspecified atom stereocenters. The molecule has 0 saturated heterocycles. The molecule has 76 valence electrons. The quantitative estimate of drug-likeness (QED) is 0.806. The summed E-state index contributed by atoms with van der Waals surface area (Å²) in [5, 5.41) is 0. The maximum atomic E-state index is 5.62. The van der Waals surface area contributed by atoms with Crippen LogP contribution < -0.4 is 5.73 Å². The number of aromatic nitrogens is 2. The van der Waals surface area contributed by atoms with Crippen LogP contribution in [0.2, 0.25) is 0 Å². The molecule has 0 fully saturated rings. The lowest BCUT2D eigenvalue weighted by Gasteiger charge is -2.10. The number of nitrogens with two attached hydrogens (primary N) is 1. The van der Waals surface area contributed by atoms with E-state index in [1.54, 1.807) is 12.3 Å². The first kappa shape index (κ1) is 9.65. The van der Waals surface area contributed by atoms with E-state index >= 15 is 0 Å². The third kappa shape index (κ3) is 2.13. The standard InChI is InChI=1S/C12H13N3/c1-9(10-5-3-2-4-6-10)12-14-8-7-11(13)15-12/h2-9H,1H3,(H2,13,14,15)/t9-/m0/s1. The highest BCUT2D eigenvalue weighted by Crippen LogP contribution is 2.20. The van der Waals surface area contributed by atoms with Gasteiger partial charge in [-0.25, -0.2) is 9.97 Å². The molecular weight excluding hydrogens is 186 g/mol. The fourth-order valence-electron chi connectivity index (χ4n) is 1.49. The smallest absolute Gasteiger partial charge is 0.137 e. The first-order valence-corrected chi connectivity index (χ1v) is 4.91. The number of hydrogen-bond donors (Lipinski definition) is 1. The van der Waals surface area contributed by atoms with Gasteiger partial charge in [0, 0.05) is 12.1 Å². The minimum absolute atomic E-state index is 0.176. The molecule has 2 N–H and O–H groups in total. The monoisotopic (exact) mass is 199 g/mol. The van der Waals surface area contributed by atoms with Crippen LogP contribution in [0.4, 0.5) is 5.82 Å². The number of anilines is 1. The van der Waals surface area contributed by atoms with Crippen LogP contribution in [0.25, 0.3) is 0 Å². The Hall–Kier alpha value is -1.90. The summed E-state index contributed by atoms with van der Waals surface area (Å²) in [7, 11) is 0.